The summed E-state index contributed by atoms with van der Waals surface area (Å²) < 4.78 is 2.91. The van der Waals surface area contributed by atoms with E-state index in [9.17, 15) is 4.79 Å². The molecule has 2 heterocycles. The van der Waals surface area contributed by atoms with E-state index in [1.165, 1.54) is 0 Å². The number of halogens is 1. The Morgan fingerprint density at radius 2 is 2.30 bits per heavy atom. The average molecular weight is 335 g/mol. The van der Waals surface area contributed by atoms with Crippen LogP contribution in [0.25, 0.3) is 0 Å². The number of imidazole rings is 1. The van der Waals surface area contributed by atoms with Crippen molar-refractivity contribution in [3.63, 3.8) is 0 Å². The van der Waals surface area contributed by atoms with Gasteiger partial charge in [0, 0.05) is 23.4 Å². The fourth-order valence-electron chi connectivity index (χ4n) is 2.49. The van der Waals surface area contributed by atoms with Crippen molar-refractivity contribution in [2.45, 2.75) is 19.0 Å². The Kier molecular flexibility index (Phi) is 3.35. The second kappa shape index (κ2) is 5.03. The molecule has 0 fully saturated rings. The molecule has 2 N–H and O–H groups in total. The number of aryl methyl sites for hydroxylation is 1. The Morgan fingerprint density at radius 3 is 3.00 bits per heavy atom. The maximum absolute atomic E-state index is 12.4. The van der Waals surface area contributed by atoms with Gasteiger partial charge in [-0.25, -0.2) is 4.98 Å². The van der Waals surface area contributed by atoms with Crippen molar-refractivity contribution in [2.75, 3.05) is 4.90 Å². The zero-order valence-electron chi connectivity index (χ0n) is 11.1. The molecule has 0 saturated heterocycles. The van der Waals surface area contributed by atoms with E-state index in [0.717, 1.165) is 21.4 Å². The van der Waals surface area contributed by atoms with Crippen molar-refractivity contribution >= 4 is 27.5 Å². The average Bonchev–Trinajstić information content (AvgIpc) is 2.80. The van der Waals surface area contributed by atoms with Crippen molar-refractivity contribution in [2.24, 2.45) is 12.8 Å². The second-order valence-electron chi connectivity index (χ2n) is 5.00. The molecule has 0 bridgehead atoms. The molecule has 3 rings (SSSR count). The highest BCUT2D eigenvalue weighted by Gasteiger charge is 2.30. The lowest BCUT2D eigenvalue weighted by Gasteiger charge is -2.32. The summed E-state index contributed by atoms with van der Waals surface area (Å²) in [7, 11) is 1.92. The molecule has 20 heavy (non-hydrogen) atoms. The lowest BCUT2D eigenvalue weighted by molar-refractivity contribution is -0.120. The number of hydrogen-bond acceptors (Lipinski definition) is 3. The maximum Gasteiger partial charge on any atom is 0.244 e. The molecule has 104 valence electrons. The van der Waals surface area contributed by atoms with Crippen LogP contribution in [0.1, 0.15) is 11.3 Å². The van der Waals surface area contributed by atoms with Gasteiger partial charge in [0.15, 0.2) is 0 Å². The van der Waals surface area contributed by atoms with Crippen molar-refractivity contribution < 1.29 is 4.79 Å². The minimum absolute atomic E-state index is 0.0407. The number of aromatic nitrogens is 2. The normalized spacial score (nSPS) is 18.2. The fourth-order valence-corrected chi connectivity index (χ4v) is 2.89. The summed E-state index contributed by atoms with van der Waals surface area (Å²) >= 11 is 3.46. The lowest BCUT2D eigenvalue weighted by atomic mass is 9.97. The molecule has 1 aliphatic rings. The quantitative estimate of drug-likeness (QED) is 0.907. The highest BCUT2D eigenvalue weighted by atomic mass is 79.9. The predicted molar refractivity (Wildman–Crippen MR) is 80.2 cm³/mol. The summed E-state index contributed by atoms with van der Waals surface area (Å²) in [5.41, 5.74) is 8.97. The molecule has 1 aromatic carbocycles. The summed E-state index contributed by atoms with van der Waals surface area (Å²) in [4.78, 5) is 18.2. The van der Waals surface area contributed by atoms with Gasteiger partial charge < -0.3 is 15.2 Å². The summed E-state index contributed by atoms with van der Waals surface area (Å²) in [6.45, 7) is 0.484. The van der Waals surface area contributed by atoms with E-state index in [-0.39, 0.29) is 5.91 Å². The SMILES string of the molecule is Cn1cncc1CN1C(=O)C(N)Cc2cc(Br)ccc21. The number of nitrogens with zero attached hydrogens (tertiary/aromatic N) is 3. The number of carbonyl (C=O) groups is 1. The smallest absolute Gasteiger partial charge is 0.244 e. The molecule has 6 heteroatoms. The molecule has 0 saturated carbocycles. The molecule has 0 radical (unpaired) electrons. The highest BCUT2D eigenvalue weighted by Crippen LogP contribution is 2.31. The standard InChI is InChI=1S/C14H15BrN4O/c1-18-8-17-6-11(18)7-19-13-3-2-10(15)4-9(13)5-12(16)14(19)20/h2-4,6,8,12H,5,7,16H2,1H3. The van der Waals surface area contributed by atoms with E-state index in [1.807, 2.05) is 29.8 Å². The van der Waals surface area contributed by atoms with Gasteiger partial charge in [0.05, 0.1) is 24.6 Å². The first-order valence-corrected chi connectivity index (χ1v) is 7.16. The first-order chi connectivity index (χ1) is 9.56. The van der Waals surface area contributed by atoms with Crippen LogP contribution in [0.2, 0.25) is 0 Å². The van der Waals surface area contributed by atoms with Crippen LogP contribution in [-0.4, -0.2) is 21.5 Å². The minimum atomic E-state index is -0.481. The number of rotatable bonds is 2. The van der Waals surface area contributed by atoms with Gasteiger partial charge in [-0.1, -0.05) is 15.9 Å². The summed E-state index contributed by atoms with van der Waals surface area (Å²) in [5.74, 6) is -0.0407. The van der Waals surface area contributed by atoms with Crippen LogP contribution in [0.15, 0.2) is 35.2 Å². The third kappa shape index (κ3) is 2.25. The number of nitrogens with two attached hydrogens (primary N) is 1. The molecule has 0 aliphatic carbocycles. The van der Waals surface area contributed by atoms with Crippen LogP contribution in [0.5, 0.6) is 0 Å². The number of amides is 1. The van der Waals surface area contributed by atoms with Gasteiger partial charge in [0.2, 0.25) is 5.91 Å². The van der Waals surface area contributed by atoms with E-state index in [0.29, 0.717) is 13.0 Å². The summed E-state index contributed by atoms with van der Waals surface area (Å²) in [6.07, 6.45) is 4.08. The zero-order chi connectivity index (χ0) is 14.3. The van der Waals surface area contributed by atoms with Crippen LogP contribution < -0.4 is 10.6 Å². The molecule has 1 atom stereocenters. The number of fused-ring (bicyclic) bond motifs is 1. The van der Waals surface area contributed by atoms with Gasteiger partial charge in [-0.15, -0.1) is 0 Å². The molecule has 1 aromatic heterocycles. The topological polar surface area (TPSA) is 64.2 Å². The van der Waals surface area contributed by atoms with Crippen molar-refractivity contribution in [3.05, 3.63) is 46.5 Å². The monoisotopic (exact) mass is 334 g/mol. The van der Waals surface area contributed by atoms with E-state index in [2.05, 4.69) is 20.9 Å². The number of hydrogen-bond donors (Lipinski definition) is 1. The Morgan fingerprint density at radius 1 is 1.50 bits per heavy atom. The van der Waals surface area contributed by atoms with Crippen LogP contribution in [-0.2, 0) is 24.8 Å². The van der Waals surface area contributed by atoms with Gasteiger partial charge >= 0.3 is 0 Å². The fraction of sp³-hybridized carbons (Fsp3) is 0.286. The maximum atomic E-state index is 12.4. The largest absolute Gasteiger partial charge is 0.336 e. The second-order valence-corrected chi connectivity index (χ2v) is 5.92. The van der Waals surface area contributed by atoms with Crippen LogP contribution in [0, 0.1) is 0 Å². The Hall–Kier alpha value is -1.66. The van der Waals surface area contributed by atoms with Crippen molar-refractivity contribution in [1.82, 2.24) is 9.55 Å². The molecular formula is C14H15BrN4O. The molecule has 5 nitrogen and oxygen atoms in total. The van der Waals surface area contributed by atoms with Gasteiger partial charge in [-0.05, 0) is 30.2 Å². The third-order valence-electron chi connectivity index (χ3n) is 3.59. The number of anilines is 1. The number of carbonyl (C=O) groups excluding carboxylic acids is 1. The van der Waals surface area contributed by atoms with E-state index in [1.54, 1.807) is 17.4 Å². The van der Waals surface area contributed by atoms with Gasteiger partial charge in [-0.3, -0.25) is 4.79 Å². The van der Waals surface area contributed by atoms with Gasteiger partial charge in [0.25, 0.3) is 0 Å². The summed E-state index contributed by atoms with van der Waals surface area (Å²) in [5, 5.41) is 0. The van der Waals surface area contributed by atoms with E-state index < -0.39 is 6.04 Å². The third-order valence-corrected chi connectivity index (χ3v) is 4.09. The van der Waals surface area contributed by atoms with Gasteiger partial charge in [-0.2, -0.15) is 0 Å². The molecular weight excluding hydrogens is 320 g/mol. The molecule has 1 aliphatic heterocycles. The molecule has 1 unspecified atom stereocenters. The Labute approximate surface area is 125 Å². The van der Waals surface area contributed by atoms with Crippen molar-refractivity contribution in [3.8, 4) is 0 Å². The van der Waals surface area contributed by atoms with Crippen LogP contribution in [0.3, 0.4) is 0 Å². The summed E-state index contributed by atoms with van der Waals surface area (Å²) in [6, 6.07) is 5.45. The lowest BCUT2D eigenvalue weighted by Crippen LogP contribution is -2.48. The molecule has 2 aromatic rings. The molecule has 1 amide bonds. The van der Waals surface area contributed by atoms with Gasteiger partial charge in [0.1, 0.15) is 0 Å². The van der Waals surface area contributed by atoms with E-state index >= 15 is 0 Å². The number of benzene rings is 1. The van der Waals surface area contributed by atoms with Crippen LogP contribution in [0.4, 0.5) is 5.69 Å². The van der Waals surface area contributed by atoms with Crippen LogP contribution >= 0.6 is 15.9 Å². The zero-order valence-corrected chi connectivity index (χ0v) is 12.7. The molecule has 0 spiro atoms. The first-order valence-electron chi connectivity index (χ1n) is 6.37. The first kappa shape index (κ1) is 13.3. The minimum Gasteiger partial charge on any atom is -0.336 e. The predicted octanol–water partition coefficient (Wildman–Crippen LogP) is 1.60. The van der Waals surface area contributed by atoms with E-state index in [4.69, 9.17) is 5.73 Å². The Balaban J connectivity index is 2.01. The highest BCUT2D eigenvalue weighted by molar-refractivity contribution is 9.10. The Bertz CT molecular complexity index is 667. The van der Waals surface area contributed by atoms with Crippen molar-refractivity contribution in [1.29, 1.82) is 0 Å².